The molecule has 0 unspecified atom stereocenters. The molecule has 0 saturated carbocycles. The Kier molecular flexibility index (Phi) is 7.38. The van der Waals surface area contributed by atoms with Gasteiger partial charge in [-0.2, -0.15) is 0 Å². The van der Waals surface area contributed by atoms with E-state index in [1.807, 2.05) is 29.2 Å². The largest absolute Gasteiger partial charge is 0.339 e. The molecule has 1 saturated heterocycles. The number of nitrogens with one attached hydrogen (secondary N) is 2. The summed E-state index contributed by atoms with van der Waals surface area (Å²) in [5.74, 6) is -0.288. The number of halogens is 1. The van der Waals surface area contributed by atoms with Crippen LogP contribution in [0, 0.1) is 3.57 Å². The molecule has 2 amide bonds. The number of thiocarbonyl (C=S) groups is 1. The van der Waals surface area contributed by atoms with Crippen molar-refractivity contribution in [3.8, 4) is 0 Å². The van der Waals surface area contributed by atoms with E-state index in [-0.39, 0.29) is 16.9 Å². The third-order valence-corrected chi connectivity index (χ3v) is 5.49. The Hall–Kier alpha value is -2.00. The van der Waals surface area contributed by atoms with Gasteiger partial charge in [-0.1, -0.05) is 31.0 Å². The molecule has 0 aliphatic carbocycles. The van der Waals surface area contributed by atoms with Gasteiger partial charge in [0.25, 0.3) is 11.8 Å². The summed E-state index contributed by atoms with van der Waals surface area (Å²) in [6, 6.07) is 14.5. The van der Waals surface area contributed by atoms with Crippen molar-refractivity contribution < 1.29 is 9.59 Å². The Balaban J connectivity index is 1.69. The Labute approximate surface area is 184 Å². The van der Waals surface area contributed by atoms with Crippen molar-refractivity contribution in [2.45, 2.75) is 25.7 Å². The van der Waals surface area contributed by atoms with Crippen LogP contribution in [0.5, 0.6) is 0 Å². The summed E-state index contributed by atoms with van der Waals surface area (Å²) in [4.78, 5) is 27.3. The minimum absolute atomic E-state index is 0.00302. The number of anilines is 1. The number of para-hydroxylation sites is 1. The maximum atomic E-state index is 13.0. The minimum Gasteiger partial charge on any atom is -0.339 e. The zero-order valence-electron chi connectivity index (χ0n) is 15.4. The highest BCUT2D eigenvalue weighted by molar-refractivity contribution is 14.1. The lowest BCUT2D eigenvalue weighted by Crippen LogP contribution is -2.36. The van der Waals surface area contributed by atoms with Crippen LogP contribution in [0.15, 0.2) is 48.5 Å². The normalized spacial score (nSPS) is 14.1. The second kappa shape index (κ2) is 9.97. The standard InChI is InChI=1S/C21H22IN3O2S/c22-16-9-7-8-15(14-16)19(26)24-21(28)23-18-11-4-3-10-17(18)20(27)25-12-5-1-2-6-13-25/h3-4,7-11,14H,1-2,5-6,12-13H2,(H2,23,24,26,28). The van der Waals surface area contributed by atoms with Gasteiger partial charge in [0.15, 0.2) is 5.11 Å². The van der Waals surface area contributed by atoms with E-state index in [0.29, 0.717) is 16.8 Å². The summed E-state index contributed by atoms with van der Waals surface area (Å²) >= 11 is 7.46. The summed E-state index contributed by atoms with van der Waals surface area (Å²) in [5, 5.41) is 5.86. The van der Waals surface area contributed by atoms with Crippen LogP contribution in [-0.4, -0.2) is 34.9 Å². The summed E-state index contributed by atoms with van der Waals surface area (Å²) in [5.41, 5.74) is 1.70. The lowest BCUT2D eigenvalue weighted by atomic mass is 10.1. The number of carbonyl (C=O) groups excluding carboxylic acids is 2. The SMILES string of the molecule is O=C(NC(=S)Nc1ccccc1C(=O)N1CCCCCC1)c1cccc(I)c1. The average Bonchev–Trinajstić information content (AvgIpc) is 2.97. The number of carbonyl (C=O) groups is 2. The summed E-state index contributed by atoms with van der Waals surface area (Å²) in [6.45, 7) is 1.56. The third-order valence-electron chi connectivity index (χ3n) is 4.61. The third kappa shape index (κ3) is 5.51. The van der Waals surface area contributed by atoms with E-state index in [1.54, 1.807) is 24.3 Å². The van der Waals surface area contributed by atoms with Crippen molar-refractivity contribution in [3.63, 3.8) is 0 Å². The van der Waals surface area contributed by atoms with Gasteiger partial charge in [-0.25, -0.2) is 0 Å². The monoisotopic (exact) mass is 507 g/mol. The molecule has 0 aromatic heterocycles. The second-order valence-corrected chi connectivity index (χ2v) is 8.32. The topological polar surface area (TPSA) is 61.4 Å². The fourth-order valence-corrected chi connectivity index (χ4v) is 3.93. The van der Waals surface area contributed by atoms with E-state index in [9.17, 15) is 9.59 Å². The number of likely N-dealkylation sites (tertiary alicyclic amines) is 1. The molecule has 2 N–H and O–H groups in total. The van der Waals surface area contributed by atoms with Crippen LogP contribution >= 0.6 is 34.8 Å². The molecule has 1 fully saturated rings. The van der Waals surface area contributed by atoms with E-state index in [2.05, 4.69) is 33.2 Å². The van der Waals surface area contributed by atoms with Crippen LogP contribution < -0.4 is 10.6 Å². The van der Waals surface area contributed by atoms with E-state index >= 15 is 0 Å². The highest BCUT2D eigenvalue weighted by atomic mass is 127. The predicted octanol–water partition coefficient (Wildman–Crippen LogP) is 4.43. The summed E-state index contributed by atoms with van der Waals surface area (Å²) in [6.07, 6.45) is 4.40. The average molecular weight is 507 g/mol. The first kappa shape index (κ1) is 20.7. The van der Waals surface area contributed by atoms with Gasteiger partial charge in [0, 0.05) is 22.2 Å². The molecule has 3 rings (SSSR count). The smallest absolute Gasteiger partial charge is 0.257 e. The molecule has 0 atom stereocenters. The number of benzene rings is 2. The highest BCUT2D eigenvalue weighted by Crippen LogP contribution is 2.20. The predicted molar refractivity (Wildman–Crippen MR) is 124 cm³/mol. The van der Waals surface area contributed by atoms with Crippen molar-refractivity contribution in [1.82, 2.24) is 10.2 Å². The minimum atomic E-state index is -0.285. The summed E-state index contributed by atoms with van der Waals surface area (Å²) in [7, 11) is 0. The lowest BCUT2D eigenvalue weighted by Gasteiger charge is -2.22. The quantitative estimate of drug-likeness (QED) is 0.477. The molecule has 0 spiro atoms. The zero-order chi connectivity index (χ0) is 19.9. The highest BCUT2D eigenvalue weighted by Gasteiger charge is 2.20. The molecule has 1 aliphatic heterocycles. The van der Waals surface area contributed by atoms with Gasteiger partial charge in [0.1, 0.15) is 0 Å². The van der Waals surface area contributed by atoms with E-state index in [4.69, 9.17) is 12.2 Å². The Morgan fingerprint density at radius 2 is 1.68 bits per heavy atom. The van der Waals surface area contributed by atoms with E-state index in [0.717, 1.165) is 42.3 Å². The van der Waals surface area contributed by atoms with Crippen molar-refractivity contribution in [1.29, 1.82) is 0 Å². The summed E-state index contributed by atoms with van der Waals surface area (Å²) < 4.78 is 0.970. The molecule has 1 aliphatic rings. The maximum Gasteiger partial charge on any atom is 0.257 e. The Morgan fingerprint density at radius 1 is 0.964 bits per heavy atom. The number of hydrogen-bond acceptors (Lipinski definition) is 3. The van der Waals surface area contributed by atoms with Gasteiger partial charge < -0.3 is 10.2 Å². The molecule has 0 radical (unpaired) electrons. The number of rotatable bonds is 3. The lowest BCUT2D eigenvalue weighted by molar-refractivity contribution is 0.0762. The molecule has 146 valence electrons. The van der Waals surface area contributed by atoms with Gasteiger partial charge in [0.2, 0.25) is 0 Å². The number of amides is 2. The van der Waals surface area contributed by atoms with Gasteiger partial charge in [0.05, 0.1) is 11.3 Å². The van der Waals surface area contributed by atoms with Crippen LogP contribution in [0.1, 0.15) is 46.4 Å². The molecular formula is C21H22IN3O2S. The van der Waals surface area contributed by atoms with Crippen LogP contribution in [0.2, 0.25) is 0 Å². The van der Waals surface area contributed by atoms with Gasteiger partial charge >= 0.3 is 0 Å². The van der Waals surface area contributed by atoms with Crippen molar-refractivity contribution in [2.75, 3.05) is 18.4 Å². The molecule has 2 aromatic rings. The molecule has 1 heterocycles. The Bertz CT molecular complexity index is 879. The van der Waals surface area contributed by atoms with Gasteiger partial charge in [-0.15, -0.1) is 0 Å². The molecular weight excluding hydrogens is 485 g/mol. The van der Waals surface area contributed by atoms with Crippen LogP contribution in [0.25, 0.3) is 0 Å². The first-order valence-electron chi connectivity index (χ1n) is 9.31. The fourth-order valence-electron chi connectivity index (χ4n) is 3.18. The van der Waals surface area contributed by atoms with Gasteiger partial charge in [-0.3, -0.25) is 14.9 Å². The van der Waals surface area contributed by atoms with Crippen molar-refractivity contribution in [3.05, 3.63) is 63.2 Å². The second-order valence-electron chi connectivity index (χ2n) is 6.67. The fraction of sp³-hybridized carbons (Fsp3) is 0.286. The van der Waals surface area contributed by atoms with Crippen LogP contribution in [-0.2, 0) is 0 Å². The maximum absolute atomic E-state index is 13.0. The van der Waals surface area contributed by atoms with E-state index in [1.165, 1.54) is 0 Å². The van der Waals surface area contributed by atoms with Crippen LogP contribution in [0.3, 0.4) is 0 Å². The van der Waals surface area contributed by atoms with Gasteiger partial charge in [-0.05, 0) is 78.0 Å². The van der Waals surface area contributed by atoms with Crippen LogP contribution in [0.4, 0.5) is 5.69 Å². The molecule has 5 nitrogen and oxygen atoms in total. The number of nitrogens with zero attached hydrogens (tertiary/aromatic N) is 1. The van der Waals surface area contributed by atoms with E-state index < -0.39 is 0 Å². The Morgan fingerprint density at radius 3 is 2.39 bits per heavy atom. The van der Waals surface area contributed by atoms with Crippen molar-refractivity contribution >= 4 is 57.4 Å². The molecule has 0 bridgehead atoms. The molecule has 7 heteroatoms. The molecule has 28 heavy (non-hydrogen) atoms. The first-order valence-corrected chi connectivity index (χ1v) is 10.8. The number of hydrogen-bond donors (Lipinski definition) is 2. The van der Waals surface area contributed by atoms with Crippen molar-refractivity contribution in [2.24, 2.45) is 0 Å². The first-order chi connectivity index (χ1) is 13.5. The zero-order valence-corrected chi connectivity index (χ0v) is 18.4. The molecule has 2 aromatic carbocycles.